The van der Waals surface area contributed by atoms with Crippen LogP contribution in [0.25, 0.3) is 0 Å². The van der Waals surface area contributed by atoms with Crippen LogP contribution in [0, 0.1) is 11.3 Å². The molecule has 110 valence electrons. The summed E-state index contributed by atoms with van der Waals surface area (Å²) < 4.78 is 0. The van der Waals surface area contributed by atoms with Crippen LogP contribution in [0.15, 0.2) is 0 Å². The van der Waals surface area contributed by atoms with E-state index in [1.807, 2.05) is 0 Å². The maximum absolute atomic E-state index is 6.40. The highest BCUT2D eigenvalue weighted by atomic mass is 15.3. The highest BCUT2D eigenvalue weighted by molar-refractivity contribution is 4.94. The van der Waals surface area contributed by atoms with Crippen molar-refractivity contribution >= 4 is 0 Å². The van der Waals surface area contributed by atoms with E-state index >= 15 is 0 Å². The lowest BCUT2D eigenvalue weighted by atomic mass is 9.72. The molecule has 2 aliphatic carbocycles. The molecule has 3 aliphatic rings. The van der Waals surface area contributed by atoms with Crippen LogP contribution in [-0.4, -0.2) is 54.6 Å². The lowest BCUT2D eigenvalue weighted by Gasteiger charge is -2.47. The summed E-state index contributed by atoms with van der Waals surface area (Å²) in [5.41, 5.74) is 6.89. The van der Waals surface area contributed by atoms with Crippen molar-refractivity contribution in [2.75, 3.05) is 32.7 Å². The van der Waals surface area contributed by atoms with Crippen molar-refractivity contribution in [1.82, 2.24) is 9.80 Å². The normalized spacial score (nSPS) is 37.4. The third kappa shape index (κ3) is 3.50. The second-order valence-electron chi connectivity index (χ2n) is 7.92. The van der Waals surface area contributed by atoms with E-state index in [1.165, 1.54) is 64.8 Å². The largest absolute Gasteiger partial charge is 0.326 e. The molecule has 1 saturated heterocycles. The second kappa shape index (κ2) is 5.34. The average Bonchev–Trinajstić information content (AvgIpc) is 3.17. The van der Waals surface area contributed by atoms with E-state index in [2.05, 4.69) is 23.6 Å². The number of nitrogens with two attached hydrogens (primary N) is 1. The zero-order chi connectivity index (χ0) is 13.5. The number of nitrogens with zero attached hydrogens (tertiary/aromatic N) is 2. The van der Waals surface area contributed by atoms with Crippen molar-refractivity contribution in [2.24, 2.45) is 17.1 Å². The monoisotopic (exact) mass is 265 g/mol. The van der Waals surface area contributed by atoms with Crippen LogP contribution in [0.3, 0.4) is 0 Å². The Kier molecular flexibility index (Phi) is 3.89. The van der Waals surface area contributed by atoms with Crippen LogP contribution >= 0.6 is 0 Å². The molecule has 3 rings (SSSR count). The van der Waals surface area contributed by atoms with Gasteiger partial charge in [-0.25, -0.2) is 0 Å². The molecule has 2 atom stereocenters. The van der Waals surface area contributed by atoms with Gasteiger partial charge in [-0.15, -0.1) is 0 Å². The Morgan fingerprint density at radius 2 is 1.74 bits per heavy atom. The van der Waals surface area contributed by atoms with Gasteiger partial charge in [0.2, 0.25) is 0 Å². The smallest absolute Gasteiger partial charge is 0.0253 e. The van der Waals surface area contributed by atoms with Gasteiger partial charge in [0.05, 0.1) is 0 Å². The molecule has 2 saturated carbocycles. The van der Waals surface area contributed by atoms with Crippen LogP contribution in [0.5, 0.6) is 0 Å². The first kappa shape index (κ1) is 13.8. The molecule has 2 N–H and O–H groups in total. The summed E-state index contributed by atoms with van der Waals surface area (Å²) >= 11 is 0. The van der Waals surface area contributed by atoms with Gasteiger partial charge in [0.1, 0.15) is 0 Å². The fourth-order valence-electron chi connectivity index (χ4n) is 3.91. The minimum atomic E-state index is 0.406. The predicted octanol–water partition coefficient (Wildman–Crippen LogP) is 1.92. The van der Waals surface area contributed by atoms with E-state index in [1.54, 1.807) is 0 Å². The first-order valence-electron chi connectivity index (χ1n) is 8.25. The molecule has 19 heavy (non-hydrogen) atoms. The first-order chi connectivity index (χ1) is 9.03. The summed E-state index contributed by atoms with van der Waals surface area (Å²) in [5.74, 6) is 1.03. The Labute approximate surface area is 118 Å². The van der Waals surface area contributed by atoms with E-state index in [9.17, 15) is 0 Å². The van der Waals surface area contributed by atoms with Gasteiger partial charge in [0.15, 0.2) is 0 Å². The summed E-state index contributed by atoms with van der Waals surface area (Å²) in [6.07, 6.45) is 6.74. The zero-order valence-corrected chi connectivity index (χ0v) is 12.8. The van der Waals surface area contributed by atoms with Crippen molar-refractivity contribution < 1.29 is 0 Å². The Bertz CT molecular complexity index is 303. The third-order valence-electron chi connectivity index (χ3n) is 5.50. The third-order valence-corrected chi connectivity index (χ3v) is 5.50. The second-order valence-corrected chi connectivity index (χ2v) is 7.92. The Hall–Kier alpha value is -0.120. The molecule has 3 fully saturated rings. The average molecular weight is 265 g/mol. The van der Waals surface area contributed by atoms with Crippen molar-refractivity contribution in [3.8, 4) is 0 Å². The molecule has 1 aliphatic heterocycles. The summed E-state index contributed by atoms with van der Waals surface area (Å²) in [6, 6.07) is 1.04. The van der Waals surface area contributed by atoms with Crippen molar-refractivity contribution in [3.63, 3.8) is 0 Å². The molecule has 0 radical (unpaired) electrons. The molecule has 0 aromatic carbocycles. The number of rotatable bonds is 3. The van der Waals surface area contributed by atoms with E-state index < -0.39 is 0 Å². The summed E-state index contributed by atoms with van der Waals surface area (Å²) in [5, 5.41) is 0. The van der Waals surface area contributed by atoms with Gasteiger partial charge < -0.3 is 10.6 Å². The maximum Gasteiger partial charge on any atom is 0.0253 e. The molecule has 0 amide bonds. The van der Waals surface area contributed by atoms with Gasteiger partial charge in [0.25, 0.3) is 0 Å². The van der Waals surface area contributed by atoms with Crippen LogP contribution < -0.4 is 5.73 Å². The molecule has 0 spiro atoms. The van der Waals surface area contributed by atoms with E-state index in [4.69, 9.17) is 5.73 Å². The molecule has 1 heterocycles. The number of hydrogen-bond acceptors (Lipinski definition) is 3. The highest BCUT2D eigenvalue weighted by Gasteiger charge is 2.37. The molecule has 3 heteroatoms. The van der Waals surface area contributed by atoms with Gasteiger partial charge >= 0.3 is 0 Å². The molecular weight excluding hydrogens is 234 g/mol. The number of hydrogen-bond donors (Lipinski definition) is 1. The molecule has 2 unspecified atom stereocenters. The van der Waals surface area contributed by atoms with Crippen LogP contribution in [0.2, 0.25) is 0 Å². The van der Waals surface area contributed by atoms with Crippen molar-refractivity contribution in [1.29, 1.82) is 0 Å². The van der Waals surface area contributed by atoms with Gasteiger partial charge in [-0.3, -0.25) is 4.90 Å². The van der Waals surface area contributed by atoms with Gasteiger partial charge in [-0.2, -0.15) is 0 Å². The van der Waals surface area contributed by atoms with Crippen LogP contribution in [-0.2, 0) is 0 Å². The van der Waals surface area contributed by atoms with Gasteiger partial charge in [0, 0.05) is 44.8 Å². The Morgan fingerprint density at radius 1 is 1.05 bits per heavy atom. The van der Waals surface area contributed by atoms with Gasteiger partial charge in [-0.05, 0) is 43.4 Å². The van der Waals surface area contributed by atoms with Gasteiger partial charge in [-0.1, -0.05) is 13.8 Å². The minimum Gasteiger partial charge on any atom is -0.326 e. The quantitative estimate of drug-likeness (QED) is 0.846. The lowest BCUT2D eigenvalue weighted by molar-refractivity contribution is 0.0366. The first-order valence-corrected chi connectivity index (χ1v) is 8.25. The molecule has 0 aromatic rings. The van der Waals surface area contributed by atoms with E-state index in [0.29, 0.717) is 17.5 Å². The van der Waals surface area contributed by atoms with Crippen molar-refractivity contribution in [3.05, 3.63) is 0 Å². The van der Waals surface area contributed by atoms with Crippen LogP contribution in [0.4, 0.5) is 0 Å². The highest BCUT2D eigenvalue weighted by Crippen LogP contribution is 2.37. The standard InChI is InChI=1S/C16H31N3/c1-16(2)6-5-14(17)15(11-16)19-9-7-18(8-10-19)12-13-3-4-13/h13-15H,3-12,17H2,1-2H3. The summed E-state index contributed by atoms with van der Waals surface area (Å²) in [6.45, 7) is 11.2. The van der Waals surface area contributed by atoms with E-state index in [0.717, 1.165) is 5.92 Å². The Morgan fingerprint density at radius 3 is 2.37 bits per heavy atom. The lowest BCUT2D eigenvalue weighted by Crippen LogP contribution is -2.58. The molecule has 3 nitrogen and oxygen atoms in total. The minimum absolute atomic E-state index is 0.406. The molecule has 0 aromatic heterocycles. The SMILES string of the molecule is CC1(C)CCC(N)C(N2CCN(CC3CC3)CC2)C1. The fourth-order valence-corrected chi connectivity index (χ4v) is 3.91. The zero-order valence-electron chi connectivity index (χ0n) is 12.8. The Balaban J connectivity index is 1.51. The molecule has 0 bridgehead atoms. The molecular formula is C16H31N3. The summed E-state index contributed by atoms with van der Waals surface area (Å²) in [7, 11) is 0. The predicted molar refractivity (Wildman–Crippen MR) is 80.1 cm³/mol. The number of piperazine rings is 1. The topological polar surface area (TPSA) is 32.5 Å². The maximum atomic E-state index is 6.40. The van der Waals surface area contributed by atoms with E-state index in [-0.39, 0.29) is 0 Å². The fraction of sp³-hybridized carbons (Fsp3) is 1.00. The van der Waals surface area contributed by atoms with Crippen LogP contribution in [0.1, 0.15) is 46.0 Å². The summed E-state index contributed by atoms with van der Waals surface area (Å²) in [4.78, 5) is 5.36. The van der Waals surface area contributed by atoms with Crippen molar-refractivity contribution in [2.45, 2.75) is 58.0 Å².